The number of halogens is 1. The second kappa shape index (κ2) is 5.51. The van der Waals surface area contributed by atoms with Crippen molar-refractivity contribution in [2.75, 3.05) is 5.75 Å². The molecule has 0 amide bonds. The summed E-state index contributed by atoms with van der Waals surface area (Å²) in [4.78, 5) is 0. The molecule has 0 aliphatic rings. The Labute approximate surface area is 98.6 Å². The summed E-state index contributed by atoms with van der Waals surface area (Å²) < 4.78 is 26.0. The van der Waals surface area contributed by atoms with Gasteiger partial charge in [0, 0.05) is 11.4 Å². The van der Waals surface area contributed by atoms with Crippen LogP contribution >= 0.6 is 11.6 Å². The van der Waals surface area contributed by atoms with E-state index < -0.39 is 10.0 Å². The molecule has 2 atom stereocenters. The van der Waals surface area contributed by atoms with E-state index >= 15 is 0 Å². The van der Waals surface area contributed by atoms with E-state index in [1.165, 1.54) is 0 Å². The minimum atomic E-state index is -3.19. The van der Waals surface area contributed by atoms with Gasteiger partial charge in [0.05, 0.1) is 5.75 Å². The molecule has 0 heterocycles. The van der Waals surface area contributed by atoms with E-state index in [0.717, 1.165) is 0 Å². The number of alkyl halides is 1. The van der Waals surface area contributed by atoms with Crippen LogP contribution in [0.1, 0.15) is 41.0 Å². The molecule has 0 aromatic heterocycles. The molecule has 92 valence electrons. The molecular weight excluding hydrogens is 234 g/mol. The van der Waals surface area contributed by atoms with Gasteiger partial charge < -0.3 is 0 Å². The summed E-state index contributed by atoms with van der Waals surface area (Å²) in [6.45, 7) is 9.40. The van der Waals surface area contributed by atoms with Crippen LogP contribution in [0, 0.1) is 5.41 Å². The predicted octanol–water partition coefficient (Wildman–Crippen LogP) is 2.36. The Morgan fingerprint density at radius 2 is 1.73 bits per heavy atom. The average Bonchev–Trinajstić information content (AvgIpc) is 1.73. The molecule has 0 saturated heterocycles. The monoisotopic (exact) mass is 255 g/mol. The van der Waals surface area contributed by atoms with Crippen LogP contribution in [-0.4, -0.2) is 25.6 Å². The van der Waals surface area contributed by atoms with Gasteiger partial charge in [0.1, 0.15) is 0 Å². The molecule has 0 aromatic rings. The Balaban J connectivity index is 4.27. The van der Waals surface area contributed by atoms with Gasteiger partial charge in [-0.3, -0.25) is 0 Å². The van der Waals surface area contributed by atoms with Crippen molar-refractivity contribution in [3.8, 4) is 0 Å². The van der Waals surface area contributed by atoms with Gasteiger partial charge in [0.2, 0.25) is 10.0 Å². The summed E-state index contributed by atoms with van der Waals surface area (Å²) in [7, 11) is -3.19. The van der Waals surface area contributed by atoms with Gasteiger partial charge in [0.15, 0.2) is 0 Å². The van der Waals surface area contributed by atoms with Gasteiger partial charge in [-0.2, -0.15) is 0 Å². The summed E-state index contributed by atoms with van der Waals surface area (Å²) in [6.07, 6.45) is 0.644. The van der Waals surface area contributed by atoms with Crippen molar-refractivity contribution < 1.29 is 8.42 Å². The number of rotatable bonds is 5. The second-order valence-corrected chi connectivity index (χ2v) is 7.85. The van der Waals surface area contributed by atoms with Crippen LogP contribution in [0.25, 0.3) is 0 Å². The SMILES string of the molecule is CC(Cl)CC(C)NS(=O)(=O)CC(C)(C)C. The van der Waals surface area contributed by atoms with Crippen LogP contribution in [0.4, 0.5) is 0 Å². The highest BCUT2D eigenvalue weighted by atomic mass is 35.5. The molecule has 0 aliphatic carbocycles. The zero-order chi connectivity index (χ0) is 12.3. The smallest absolute Gasteiger partial charge is 0.212 e. The van der Waals surface area contributed by atoms with Crippen LogP contribution < -0.4 is 4.72 Å². The molecule has 0 radical (unpaired) electrons. The van der Waals surface area contributed by atoms with Gasteiger partial charge in [0.25, 0.3) is 0 Å². The minimum Gasteiger partial charge on any atom is -0.212 e. The summed E-state index contributed by atoms with van der Waals surface area (Å²) in [6, 6.07) is -0.107. The lowest BCUT2D eigenvalue weighted by molar-refractivity contribution is 0.453. The Hall–Kier alpha value is 0.200. The van der Waals surface area contributed by atoms with Gasteiger partial charge in [-0.05, 0) is 25.7 Å². The number of hydrogen-bond donors (Lipinski definition) is 1. The molecule has 5 heteroatoms. The fourth-order valence-corrected chi connectivity index (χ4v) is 3.65. The fraction of sp³-hybridized carbons (Fsp3) is 1.00. The molecular formula is C10H22ClNO2S. The first-order valence-corrected chi connectivity index (χ1v) is 7.25. The Bertz CT molecular complexity index is 280. The average molecular weight is 256 g/mol. The Kier molecular flexibility index (Phi) is 5.58. The van der Waals surface area contributed by atoms with Crippen LogP contribution in [0.15, 0.2) is 0 Å². The van der Waals surface area contributed by atoms with E-state index in [9.17, 15) is 8.42 Å². The lowest BCUT2D eigenvalue weighted by Gasteiger charge is -2.21. The molecule has 0 bridgehead atoms. The molecule has 0 aliphatic heterocycles. The van der Waals surface area contributed by atoms with E-state index in [2.05, 4.69) is 4.72 Å². The molecule has 1 N–H and O–H groups in total. The van der Waals surface area contributed by atoms with Crippen LogP contribution in [0.5, 0.6) is 0 Å². The van der Waals surface area contributed by atoms with E-state index in [4.69, 9.17) is 11.6 Å². The van der Waals surface area contributed by atoms with Crippen molar-refractivity contribution >= 4 is 21.6 Å². The van der Waals surface area contributed by atoms with E-state index in [0.29, 0.717) is 6.42 Å². The Morgan fingerprint density at radius 3 is 2.07 bits per heavy atom. The van der Waals surface area contributed by atoms with Crippen molar-refractivity contribution in [3.63, 3.8) is 0 Å². The second-order valence-electron chi connectivity index (χ2n) is 5.36. The summed E-state index contributed by atoms with van der Waals surface area (Å²) in [5, 5.41) is -0.0164. The molecule has 0 fully saturated rings. The highest BCUT2D eigenvalue weighted by molar-refractivity contribution is 7.89. The topological polar surface area (TPSA) is 46.2 Å². The highest BCUT2D eigenvalue weighted by Crippen LogP contribution is 2.16. The van der Waals surface area contributed by atoms with Crippen molar-refractivity contribution in [1.29, 1.82) is 0 Å². The van der Waals surface area contributed by atoms with Crippen molar-refractivity contribution in [3.05, 3.63) is 0 Å². The fourth-order valence-electron chi connectivity index (χ4n) is 1.45. The predicted molar refractivity (Wildman–Crippen MR) is 65.8 cm³/mol. The third kappa shape index (κ3) is 9.15. The first-order valence-electron chi connectivity index (χ1n) is 5.16. The van der Waals surface area contributed by atoms with Crippen molar-refractivity contribution in [2.45, 2.75) is 52.5 Å². The summed E-state index contributed by atoms with van der Waals surface area (Å²) >= 11 is 5.80. The number of nitrogens with one attached hydrogen (secondary N) is 1. The first-order chi connectivity index (χ1) is 6.52. The van der Waals surface area contributed by atoms with Crippen LogP contribution in [-0.2, 0) is 10.0 Å². The largest absolute Gasteiger partial charge is 0.212 e. The van der Waals surface area contributed by atoms with E-state index in [-0.39, 0.29) is 22.6 Å². The van der Waals surface area contributed by atoms with Crippen LogP contribution in [0.3, 0.4) is 0 Å². The Morgan fingerprint density at radius 1 is 1.27 bits per heavy atom. The van der Waals surface area contributed by atoms with Gasteiger partial charge >= 0.3 is 0 Å². The first kappa shape index (κ1) is 15.2. The van der Waals surface area contributed by atoms with Crippen molar-refractivity contribution in [2.24, 2.45) is 5.41 Å². The van der Waals surface area contributed by atoms with E-state index in [1.807, 2.05) is 34.6 Å². The maximum Gasteiger partial charge on any atom is 0.212 e. The third-order valence-electron chi connectivity index (χ3n) is 1.68. The molecule has 0 aromatic carbocycles. The van der Waals surface area contributed by atoms with Gasteiger partial charge in [-0.1, -0.05) is 20.8 Å². The molecule has 0 rings (SSSR count). The molecule has 15 heavy (non-hydrogen) atoms. The molecule has 0 spiro atoms. The summed E-state index contributed by atoms with van der Waals surface area (Å²) in [5.74, 6) is 0.140. The highest BCUT2D eigenvalue weighted by Gasteiger charge is 2.23. The molecule has 2 unspecified atom stereocenters. The minimum absolute atomic E-state index is 0.0164. The number of hydrogen-bond acceptors (Lipinski definition) is 2. The van der Waals surface area contributed by atoms with Gasteiger partial charge in [-0.25, -0.2) is 13.1 Å². The molecule has 3 nitrogen and oxygen atoms in total. The maximum atomic E-state index is 11.7. The lowest BCUT2D eigenvalue weighted by Crippen LogP contribution is -2.38. The normalized spacial score (nSPS) is 17.5. The zero-order valence-corrected chi connectivity index (χ0v) is 11.7. The van der Waals surface area contributed by atoms with Crippen molar-refractivity contribution in [1.82, 2.24) is 4.72 Å². The summed E-state index contributed by atoms with van der Waals surface area (Å²) in [5.41, 5.74) is -0.224. The zero-order valence-electron chi connectivity index (χ0n) is 10.2. The van der Waals surface area contributed by atoms with Gasteiger partial charge in [-0.15, -0.1) is 11.6 Å². The molecule has 0 saturated carbocycles. The third-order valence-corrected chi connectivity index (χ3v) is 3.87. The maximum absolute atomic E-state index is 11.7. The number of sulfonamides is 1. The standard InChI is InChI=1S/C10H22ClNO2S/c1-8(11)6-9(2)12-15(13,14)7-10(3,4)5/h8-9,12H,6-7H2,1-5H3. The van der Waals surface area contributed by atoms with Crippen LogP contribution in [0.2, 0.25) is 0 Å². The quantitative estimate of drug-likeness (QED) is 0.767. The lowest BCUT2D eigenvalue weighted by atomic mass is 10.0. The van der Waals surface area contributed by atoms with E-state index in [1.54, 1.807) is 0 Å².